The molecule has 0 aliphatic heterocycles. The van der Waals surface area contributed by atoms with Gasteiger partial charge in [-0.2, -0.15) is 0 Å². The molecule has 0 spiro atoms. The second-order valence-corrected chi connectivity index (χ2v) is 6.79. The van der Waals surface area contributed by atoms with Crippen molar-refractivity contribution in [1.82, 2.24) is 15.0 Å². The van der Waals surface area contributed by atoms with Crippen molar-refractivity contribution in [2.24, 2.45) is 0 Å². The van der Waals surface area contributed by atoms with Crippen LogP contribution in [0.4, 0.5) is 14.5 Å². The fraction of sp³-hybridized carbons (Fsp3) is 0.0667. The lowest BCUT2D eigenvalue weighted by Crippen LogP contribution is -2.12. The number of anilines is 1. The first-order valence-corrected chi connectivity index (χ1v) is 8.56. The molecule has 0 aliphatic rings. The summed E-state index contributed by atoms with van der Waals surface area (Å²) in [6, 6.07) is 3.82. The van der Waals surface area contributed by atoms with Crippen molar-refractivity contribution < 1.29 is 13.6 Å². The first kappa shape index (κ1) is 16.8. The lowest BCUT2D eigenvalue weighted by atomic mass is 10.3. The van der Waals surface area contributed by atoms with E-state index in [4.69, 9.17) is 0 Å². The molecule has 2 heterocycles. The van der Waals surface area contributed by atoms with Crippen LogP contribution in [-0.4, -0.2) is 20.9 Å². The maximum absolute atomic E-state index is 13.6. The fourth-order valence-corrected chi connectivity index (χ4v) is 3.15. The Morgan fingerprint density at radius 3 is 2.46 bits per heavy atom. The summed E-state index contributed by atoms with van der Waals surface area (Å²) in [5.41, 5.74) is 0.534. The van der Waals surface area contributed by atoms with E-state index in [1.165, 1.54) is 0 Å². The summed E-state index contributed by atoms with van der Waals surface area (Å²) >= 11 is 2.68. The molecular formula is C15H9F2IN4OS. The third kappa shape index (κ3) is 3.41. The molecule has 1 amide bonds. The number of thiazole rings is 1. The number of benzene rings is 1. The van der Waals surface area contributed by atoms with Crippen LogP contribution < -0.4 is 5.32 Å². The Hall–Kier alpha value is -2.01. The van der Waals surface area contributed by atoms with Crippen LogP contribution in [0, 0.1) is 22.1 Å². The van der Waals surface area contributed by atoms with Crippen LogP contribution in [0.5, 0.6) is 0 Å². The summed E-state index contributed by atoms with van der Waals surface area (Å²) in [6.07, 6.45) is 3.16. The molecule has 0 unspecified atom stereocenters. The van der Waals surface area contributed by atoms with Crippen molar-refractivity contribution in [2.75, 3.05) is 5.32 Å². The van der Waals surface area contributed by atoms with Crippen molar-refractivity contribution in [2.45, 2.75) is 6.92 Å². The summed E-state index contributed by atoms with van der Waals surface area (Å²) in [6.45, 7) is 1.67. The molecule has 9 heteroatoms. The SMILES string of the molecule is Cc1nc(-c2ncccn2)sc1C(=O)Nc1cc(F)c(I)c(F)c1. The number of carbonyl (C=O) groups excluding carboxylic acids is 1. The first-order valence-electron chi connectivity index (χ1n) is 6.66. The monoisotopic (exact) mass is 458 g/mol. The number of aromatic nitrogens is 3. The molecule has 24 heavy (non-hydrogen) atoms. The predicted molar refractivity (Wildman–Crippen MR) is 94.9 cm³/mol. The van der Waals surface area contributed by atoms with Crippen LogP contribution in [0.25, 0.3) is 10.8 Å². The molecule has 1 aromatic carbocycles. The molecule has 0 atom stereocenters. The van der Waals surface area contributed by atoms with E-state index in [0.717, 1.165) is 23.5 Å². The second kappa shape index (κ2) is 6.85. The molecule has 3 aromatic rings. The molecule has 0 saturated carbocycles. The Kier molecular flexibility index (Phi) is 4.81. The van der Waals surface area contributed by atoms with Gasteiger partial charge in [0.15, 0.2) is 10.8 Å². The van der Waals surface area contributed by atoms with Crippen LogP contribution in [0.2, 0.25) is 0 Å². The van der Waals surface area contributed by atoms with Gasteiger partial charge in [0.1, 0.15) is 16.5 Å². The summed E-state index contributed by atoms with van der Waals surface area (Å²) in [5.74, 6) is -1.54. The molecule has 5 nitrogen and oxygen atoms in total. The Bertz CT molecular complexity index is 894. The largest absolute Gasteiger partial charge is 0.321 e. The smallest absolute Gasteiger partial charge is 0.267 e. The van der Waals surface area contributed by atoms with Gasteiger partial charge in [-0.3, -0.25) is 4.79 Å². The fourth-order valence-electron chi connectivity index (χ4n) is 1.93. The predicted octanol–water partition coefficient (Wildman–Crippen LogP) is 4.04. The lowest BCUT2D eigenvalue weighted by Gasteiger charge is -2.06. The molecule has 0 aliphatic carbocycles. The quantitative estimate of drug-likeness (QED) is 0.475. The highest BCUT2D eigenvalue weighted by atomic mass is 127. The maximum Gasteiger partial charge on any atom is 0.267 e. The van der Waals surface area contributed by atoms with Crippen LogP contribution >= 0.6 is 33.9 Å². The van der Waals surface area contributed by atoms with Gasteiger partial charge in [0.25, 0.3) is 5.91 Å². The molecule has 0 bridgehead atoms. The van der Waals surface area contributed by atoms with E-state index in [0.29, 0.717) is 21.4 Å². The van der Waals surface area contributed by atoms with E-state index < -0.39 is 17.5 Å². The number of nitrogens with one attached hydrogen (secondary N) is 1. The van der Waals surface area contributed by atoms with Crippen molar-refractivity contribution >= 4 is 45.5 Å². The van der Waals surface area contributed by atoms with Gasteiger partial charge >= 0.3 is 0 Å². The van der Waals surface area contributed by atoms with Gasteiger partial charge in [-0.25, -0.2) is 23.7 Å². The van der Waals surface area contributed by atoms with Gasteiger partial charge in [-0.05, 0) is 47.7 Å². The molecule has 2 aromatic heterocycles. The minimum Gasteiger partial charge on any atom is -0.321 e. The Balaban J connectivity index is 1.87. The maximum atomic E-state index is 13.6. The minimum atomic E-state index is -0.731. The third-order valence-corrected chi connectivity index (χ3v) is 5.18. The molecular weight excluding hydrogens is 449 g/mol. The number of rotatable bonds is 3. The molecule has 1 N–H and O–H groups in total. The number of halogens is 3. The number of amides is 1. The topological polar surface area (TPSA) is 67.8 Å². The molecule has 0 fully saturated rings. The average molecular weight is 458 g/mol. The van der Waals surface area contributed by atoms with Crippen molar-refractivity contribution in [3.8, 4) is 10.8 Å². The Labute approximate surface area is 153 Å². The van der Waals surface area contributed by atoms with Gasteiger partial charge in [0, 0.05) is 18.1 Å². The lowest BCUT2D eigenvalue weighted by molar-refractivity contribution is 0.103. The first-order chi connectivity index (χ1) is 11.5. The highest BCUT2D eigenvalue weighted by molar-refractivity contribution is 14.1. The normalized spacial score (nSPS) is 10.7. The van der Waals surface area contributed by atoms with Crippen molar-refractivity contribution in [3.05, 3.63) is 56.4 Å². The van der Waals surface area contributed by atoms with Crippen molar-refractivity contribution in [3.63, 3.8) is 0 Å². The second-order valence-electron chi connectivity index (χ2n) is 4.71. The van der Waals surface area contributed by atoms with Crippen molar-refractivity contribution in [1.29, 1.82) is 0 Å². The van der Waals surface area contributed by atoms with Gasteiger partial charge in [-0.15, -0.1) is 11.3 Å². The van der Waals surface area contributed by atoms with Gasteiger partial charge in [0.2, 0.25) is 0 Å². The summed E-state index contributed by atoms with van der Waals surface area (Å²) in [5, 5.41) is 2.98. The Morgan fingerprint density at radius 1 is 1.21 bits per heavy atom. The number of carbonyl (C=O) groups is 1. The minimum absolute atomic E-state index is 0.0423. The van der Waals surface area contributed by atoms with E-state index in [-0.39, 0.29) is 9.26 Å². The average Bonchev–Trinajstić information content (AvgIpc) is 2.95. The number of nitrogens with zero attached hydrogens (tertiary/aromatic N) is 3. The van der Waals surface area contributed by atoms with Crippen LogP contribution in [0.15, 0.2) is 30.6 Å². The number of hydrogen-bond acceptors (Lipinski definition) is 5. The van der Waals surface area contributed by atoms with Gasteiger partial charge in [0.05, 0.1) is 9.26 Å². The van der Waals surface area contributed by atoms with Crippen LogP contribution in [0.1, 0.15) is 15.4 Å². The summed E-state index contributed by atoms with van der Waals surface area (Å²) < 4.78 is 27.0. The molecule has 122 valence electrons. The third-order valence-electron chi connectivity index (χ3n) is 3.00. The van der Waals surface area contributed by atoms with E-state index in [1.54, 1.807) is 48.0 Å². The molecule has 0 radical (unpaired) electrons. The number of aryl methyl sites for hydroxylation is 1. The van der Waals surface area contributed by atoms with Crippen LogP contribution in [0.3, 0.4) is 0 Å². The number of hydrogen-bond donors (Lipinski definition) is 1. The highest BCUT2D eigenvalue weighted by Gasteiger charge is 2.18. The zero-order chi connectivity index (χ0) is 17.3. The van der Waals surface area contributed by atoms with E-state index in [1.807, 2.05) is 0 Å². The molecule has 0 saturated heterocycles. The van der Waals surface area contributed by atoms with E-state index >= 15 is 0 Å². The van der Waals surface area contributed by atoms with Gasteiger partial charge < -0.3 is 5.32 Å². The molecule has 3 rings (SSSR count). The zero-order valence-electron chi connectivity index (χ0n) is 12.2. The van der Waals surface area contributed by atoms with Gasteiger partial charge in [-0.1, -0.05) is 0 Å². The summed E-state index contributed by atoms with van der Waals surface area (Å²) in [7, 11) is 0. The highest BCUT2D eigenvalue weighted by Crippen LogP contribution is 2.27. The standard InChI is InChI=1S/C15H9F2IN4OS/c1-7-12(24-15(21-7)13-19-3-2-4-20-13)14(23)22-8-5-9(16)11(18)10(17)6-8/h2-6H,1H3,(H,22,23). The van der Waals surface area contributed by atoms with Crippen LogP contribution in [-0.2, 0) is 0 Å². The van der Waals surface area contributed by atoms with E-state index in [9.17, 15) is 13.6 Å². The van der Waals surface area contributed by atoms with E-state index in [2.05, 4.69) is 20.3 Å². The Morgan fingerprint density at radius 2 is 1.83 bits per heavy atom. The summed E-state index contributed by atoms with van der Waals surface area (Å²) in [4.78, 5) is 25.1. The zero-order valence-corrected chi connectivity index (χ0v) is 15.2.